The lowest BCUT2D eigenvalue weighted by Crippen LogP contribution is -2.26. The minimum absolute atomic E-state index is 0.424. The molecule has 16 heavy (non-hydrogen) atoms. The SMILES string of the molecule is COC1CCC(NCc2cc(Br)c(Br)o2)C1. The van der Waals surface area contributed by atoms with E-state index in [9.17, 15) is 0 Å². The van der Waals surface area contributed by atoms with Crippen molar-refractivity contribution in [3.63, 3.8) is 0 Å². The zero-order valence-corrected chi connectivity index (χ0v) is 12.3. The van der Waals surface area contributed by atoms with Crippen molar-refractivity contribution >= 4 is 31.9 Å². The zero-order valence-electron chi connectivity index (χ0n) is 9.13. The van der Waals surface area contributed by atoms with Crippen LogP contribution in [0.25, 0.3) is 0 Å². The van der Waals surface area contributed by atoms with Crippen LogP contribution in [0.4, 0.5) is 0 Å². The summed E-state index contributed by atoms with van der Waals surface area (Å²) in [5.74, 6) is 0.944. The second kappa shape index (κ2) is 5.67. The van der Waals surface area contributed by atoms with Gasteiger partial charge < -0.3 is 14.5 Å². The fraction of sp³-hybridized carbons (Fsp3) is 0.636. The molecule has 1 aliphatic carbocycles. The maximum Gasteiger partial charge on any atom is 0.183 e. The van der Waals surface area contributed by atoms with Crippen molar-refractivity contribution in [3.8, 4) is 0 Å². The van der Waals surface area contributed by atoms with Crippen LogP contribution in [0.5, 0.6) is 0 Å². The Morgan fingerprint density at radius 2 is 2.31 bits per heavy atom. The third kappa shape index (κ3) is 3.09. The molecule has 1 fully saturated rings. The summed E-state index contributed by atoms with van der Waals surface area (Å²) in [5, 5.41) is 3.49. The van der Waals surface area contributed by atoms with Gasteiger partial charge >= 0.3 is 0 Å². The van der Waals surface area contributed by atoms with Crippen LogP contribution >= 0.6 is 31.9 Å². The van der Waals surface area contributed by atoms with Gasteiger partial charge in [-0.3, -0.25) is 0 Å². The summed E-state index contributed by atoms with van der Waals surface area (Å²) in [7, 11) is 1.79. The molecule has 2 unspecified atom stereocenters. The first-order chi connectivity index (χ1) is 7.69. The molecule has 0 aliphatic heterocycles. The molecule has 1 aromatic rings. The van der Waals surface area contributed by atoms with Crippen LogP contribution in [0.2, 0.25) is 0 Å². The van der Waals surface area contributed by atoms with Crippen LogP contribution in [0, 0.1) is 0 Å². The Balaban J connectivity index is 1.79. The molecule has 90 valence electrons. The number of halogens is 2. The minimum atomic E-state index is 0.424. The molecule has 0 saturated heterocycles. The minimum Gasteiger partial charge on any atom is -0.452 e. The summed E-state index contributed by atoms with van der Waals surface area (Å²) in [6, 6.07) is 2.53. The largest absolute Gasteiger partial charge is 0.452 e. The summed E-state index contributed by atoms with van der Waals surface area (Å²) in [5.41, 5.74) is 0. The summed E-state index contributed by atoms with van der Waals surface area (Å²) in [6.07, 6.45) is 3.86. The highest BCUT2D eigenvalue weighted by molar-refractivity contribution is 9.13. The van der Waals surface area contributed by atoms with Crippen molar-refractivity contribution in [2.75, 3.05) is 7.11 Å². The Morgan fingerprint density at radius 3 is 2.88 bits per heavy atom. The quantitative estimate of drug-likeness (QED) is 0.901. The predicted octanol–water partition coefficient (Wildman–Crippen LogP) is 3.46. The molecule has 1 saturated carbocycles. The third-order valence-electron chi connectivity index (χ3n) is 2.98. The third-order valence-corrected chi connectivity index (χ3v) is 4.69. The van der Waals surface area contributed by atoms with Crippen molar-refractivity contribution < 1.29 is 9.15 Å². The molecule has 1 heterocycles. The van der Waals surface area contributed by atoms with Crippen LogP contribution in [0.1, 0.15) is 25.0 Å². The van der Waals surface area contributed by atoms with E-state index in [2.05, 4.69) is 37.2 Å². The molecule has 1 N–H and O–H groups in total. The van der Waals surface area contributed by atoms with Gasteiger partial charge in [0.1, 0.15) is 5.76 Å². The Kier molecular flexibility index (Phi) is 4.47. The molecule has 5 heteroatoms. The van der Waals surface area contributed by atoms with Crippen LogP contribution < -0.4 is 5.32 Å². The standard InChI is InChI=1S/C11H15Br2NO2/c1-15-8-3-2-7(4-8)14-6-9-5-10(12)11(13)16-9/h5,7-8,14H,2-4,6H2,1H3. The van der Waals surface area contributed by atoms with Gasteiger partial charge in [-0.25, -0.2) is 0 Å². The van der Waals surface area contributed by atoms with E-state index >= 15 is 0 Å². The second-order valence-electron chi connectivity index (χ2n) is 4.08. The highest BCUT2D eigenvalue weighted by atomic mass is 79.9. The Bertz CT molecular complexity index is 334. The molecule has 2 atom stereocenters. The normalized spacial score (nSPS) is 25.2. The highest BCUT2D eigenvalue weighted by Crippen LogP contribution is 2.27. The van der Waals surface area contributed by atoms with E-state index < -0.39 is 0 Å². The first-order valence-corrected chi connectivity index (χ1v) is 6.97. The van der Waals surface area contributed by atoms with Gasteiger partial charge in [-0.1, -0.05) is 0 Å². The topological polar surface area (TPSA) is 34.4 Å². The molecule has 1 aliphatic rings. The van der Waals surface area contributed by atoms with E-state index in [1.54, 1.807) is 7.11 Å². The Morgan fingerprint density at radius 1 is 1.50 bits per heavy atom. The Labute approximate surface area is 112 Å². The van der Waals surface area contributed by atoms with Gasteiger partial charge in [0.25, 0.3) is 0 Å². The molecule has 1 aromatic heterocycles. The number of hydrogen-bond acceptors (Lipinski definition) is 3. The summed E-state index contributed by atoms with van der Waals surface area (Å²) >= 11 is 6.73. The average Bonchev–Trinajstić information content (AvgIpc) is 2.84. The van der Waals surface area contributed by atoms with Crippen LogP contribution in [-0.4, -0.2) is 19.3 Å². The van der Waals surface area contributed by atoms with Gasteiger partial charge in [0.15, 0.2) is 4.67 Å². The molecule has 0 bridgehead atoms. The molecular weight excluding hydrogens is 338 g/mol. The lowest BCUT2D eigenvalue weighted by atomic mass is 10.2. The first-order valence-electron chi connectivity index (χ1n) is 5.39. The summed E-state index contributed by atoms with van der Waals surface area (Å²) in [4.78, 5) is 0. The van der Waals surface area contributed by atoms with Gasteiger partial charge in [0, 0.05) is 13.2 Å². The van der Waals surface area contributed by atoms with E-state index in [0.717, 1.165) is 34.3 Å². The van der Waals surface area contributed by atoms with Crippen LogP contribution in [0.3, 0.4) is 0 Å². The van der Waals surface area contributed by atoms with Crippen LogP contribution in [-0.2, 0) is 11.3 Å². The summed E-state index contributed by atoms with van der Waals surface area (Å²) in [6.45, 7) is 0.769. The maximum atomic E-state index is 5.50. The van der Waals surface area contributed by atoms with Gasteiger partial charge in [-0.2, -0.15) is 0 Å². The fourth-order valence-electron chi connectivity index (χ4n) is 2.06. The number of nitrogens with one attached hydrogen (secondary N) is 1. The number of furan rings is 1. The van der Waals surface area contributed by atoms with Crippen molar-refractivity contribution in [3.05, 3.63) is 21.0 Å². The number of methoxy groups -OCH3 is 1. The van der Waals surface area contributed by atoms with Crippen molar-refractivity contribution in [1.82, 2.24) is 5.32 Å². The van der Waals surface area contributed by atoms with Crippen molar-refractivity contribution in [2.24, 2.45) is 0 Å². The van der Waals surface area contributed by atoms with Gasteiger partial charge in [-0.05, 0) is 57.2 Å². The van der Waals surface area contributed by atoms with E-state index in [1.165, 1.54) is 6.42 Å². The molecular formula is C11H15Br2NO2. The molecule has 0 spiro atoms. The van der Waals surface area contributed by atoms with E-state index in [-0.39, 0.29) is 0 Å². The molecule has 0 amide bonds. The number of ether oxygens (including phenoxy) is 1. The lowest BCUT2D eigenvalue weighted by molar-refractivity contribution is 0.107. The Hall–Kier alpha value is 0.160. The molecule has 3 nitrogen and oxygen atoms in total. The average molecular weight is 353 g/mol. The highest BCUT2D eigenvalue weighted by Gasteiger charge is 2.24. The lowest BCUT2D eigenvalue weighted by Gasteiger charge is -2.11. The predicted molar refractivity (Wildman–Crippen MR) is 69.4 cm³/mol. The van der Waals surface area contributed by atoms with E-state index in [0.29, 0.717) is 12.1 Å². The molecule has 2 rings (SSSR count). The van der Waals surface area contributed by atoms with E-state index in [4.69, 9.17) is 9.15 Å². The van der Waals surface area contributed by atoms with E-state index in [1.807, 2.05) is 6.07 Å². The van der Waals surface area contributed by atoms with Gasteiger partial charge in [0.2, 0.25) is 0 Å². The van der Waals surface area contributed by atoms with Gasteiger partial charge in [0.05, 0.1) is 17.1 Å². The smallest absolute Gasteiger partial charge is 0.183 e. The number of hydrogen-bond donors (Lipinski definition) is 1. The number of rotatable bonds is 4. The van der Waals surface area contributed by atoms with Gasteiger partial charge in [-0.15, -0.1) is 0 Å². The molecule has 0 aromatic carbocycles. The van der Waals surface area contributed by atoms with Crippen LogP contribution in [0.15, 0.2) is 19.6 Å². The second-order valence-corrected chi connectivity index (χ2v) is 5.66. The maximum absolute atomic E-state index is 5.50. The van der Waals surface area contributed by atoms with Crippen molar-refractivity contribution in [1.29, 1.82) is 0 Å². The van der Waals surface area contributed by atoms with Crippen molar-refractivity contribution in [2.45, 2.75) is 38.0 Å². The molecule has 0 radical (unpaired) electrons. The zero-order chi connectivity index (χ0) is 11.5. The first kappa shape index (κ1) is 12.6. The fourth-order valence-corrected chi connectivity index (χ4v) is 2.72. The monoisotopic (exact) mass is 351 g/mol. The summed E-state index contributed by atoms with van der Waals surface area (Å²) < 4.78 is 12.6.